The minimum absolute atomic E-state index is 0.0332. The molecule has 1 atom stereocenters. The van der Waals surface area contributed by atoms with Crippen molar-refractivity contribution in [2.75, 3.05) is 13.2 Å². The number of benzene rings is 2. The Kier molecular flexibility index (Phi) is 7.54. The third-order valence-corrected chi connectivity index (χ3v) is 5.20. The predicted octanol–water partition coefficient (Wildman–Crippen LogP) is 4.77. The summed E-state index contributed by atoms with van der Waals surface area (Å²) in [5.74, 6) is 0.262. The van der Waals surface area contributed by atoms with Crippen LogP contribution in [0.5, 0.6) is 5.75 Å². The summed E-state index contributed by atoms with van der Waals surface area (Å²) in [6, 6.07) is 14.4. The first-order valence-corrected chi connectivity index (χ1v) is 9.99. The molecule has 7 heteroatoms. The van der Waals surface area contributed by atoms with Gasteiger partial charge in [-0.1, -0.05) is 41.4 Å². The Balaban J connectivity index is 1.56. The van der Waals surface area contributed by atoms with E-state index in [-0.39, 0.29) is 11.7 Å². The zero-order chi connectivity index (χ0) is 20.6. The molecular formula is C22H20Cl2N2O3. The van der Waals surface area contributed by atoms with Crippen molar-refractivity contribution in [2.24, 2.45) is 0 Å². The van der Waals surface area contributed by atoms with Gasteiger partial charge >= 0.3 is 0 Å². The predicted molar refractivity (Wildman–Crippen MR) is 113 cm³/mol. The van der Waals surface area contributed by atoms with Crippen molar-refractivity contribution >= 4 is 35.2 Å². The number of ether oxygens (including phenoxy) is 2. The largest absolute Gasteiger partial charge is 0.489 e. The monoisotopic (exact) mass is 430 g/mol. The number of nitrogens with one attached hydrogen (secondary N) is 1. The minimum atomic E-state index is -0.400. The Hall–Kier alpha value is -2.52. The molecule has 29 heavy (non-hydrogen) atoms. The number of hydrogen-bond acceptors (Lipinski definition) is 4. The van der Waals surface area contributed by atoms with E-state index >= 15 is 0 Å². The van der Waals surface area contributed by atoms with Crippen LogP contribution in [0, 0.1) is 11.3 Å². The Bertz CT molecular complexity index is 930. The summed E-state index contributed by atoms with van der Waals surface area (Å²) < 4.78 is 11.2. The molecule has 2 aromatic rings. The molecule has 0 aliphatic carbocycles. The summed E-state index contributed by atoms with van der Waals surface area (Å²) in [7, 11) is 0. The zero-order valence-electron chi connectivity index (χ0n) is 15.7. The Morgan fingerprint density at radius 3 is 2.69 bits per heavy atom. The van der Waals surface area contributed by atoms with E-state index in [9.17, 15) is 10.1 Å². The van der Waals surface area contributed by atoms with E-state index in [1.807, 2.05) is 12.1 Å². The van der Waals surface area contributed by atoms with E-state index in [1.165, 1.54) is 0 Å². The number of rotatable bonds is 7. The highest BCUT2D eigenvalue weighted by atomic mass is 35.5. The van der Waals surface area contributed by atoms with E-state index in [0.717, 1.165) is 30.6 Å². The lowest BCUT2D eigenvalue weighted by Crippen LogP contribution is -2.32. The summed E-state index contributed by atoms with van der Waals surface area (Å²) in [4.78, 5) is 12.2. The molecule has 0 radical (unpaired) electrons. The molecule has 1 saturated heterocycles. The fraction of sp³-hybridized carbons (Fsp3) is 0.273. The Morgan fingerprint density at radius 1 is 1.24 bits per heavy atom. The van der Waals surface area contributed by atoms with Crippen LogP contribution in [0.25, 0.3) is 6.08 Å². The first kappa shape index (κ1) is 21.2. The molecule has 0 spiro atoms. The van der Waals surface area contributed by atoms with Gasteiger partial charge in [0.15, 0.2) is 0 Å². The van der Waals surface area contributed by atoms with Gasteiger partial charge in [0.05, 0.1) is 16.1 Å². The number of nitrogens with zero attached hydrogens (tertiary/aromatic N) is 1. The molecular weight excluding hydrogens is 411 g/mol. The average Bonchev–Trinajstić information content (AvgIpc) is 3.25. The van der Waals surface area contributed by atoms with Crippen LogP contribution in [-0.4, -0.2) is 25.2 Å². The summed E-state index contributed by atoms with van der Waals surface area (Å²) in [5, 5.41) is 13.0. The number of carbonyl (C=O) groups excluding carboxylic acids is 1. The molecule has 1 aliphatic rings. The van der Waals surface area contributed by atoms with Gasteiger partial charge in [0, 0.05) is 13.2 Å². The maximum Gasteiger partial charge on any atom is 0.262 e. The molecule has 0 bridgehead atoms. The molecule has 3 rings (SSSR count). The molecule has 0 saturated carbocycles. The molecule has 1 heterocycles. The molecule has 1 amide bonds. The minimum Gasteiger partial charge on any atom is -0.489 e. The first-order valence-electron chi connectivity index (χ1n) is 9.23. The second-order valence-electron chi connectivity index (χ2n) is 6.62. The van der Waals surface area contributed by atoms with E-state index in [4.69, 9.17) is 32.7 Å². The quantitative estimate of drug-likeness (QED) is 0.506. The van der Waals surface area contributed by atoms with Crippen molar-refractivity contribution in [2.45, 2.75) is 25.6 Å². The Morgan fingerprint density at radius 2 is 2.03 bits per heavy atom. The molecule has 1 fully saturated rings. The van der Waals surface area contributed by atoms with Crippen molar-refractivity contribution in [1.29, 1.82) is 5.26 Å². The smallest absolute Gasteiger partial charge is 0.262 e. The second kappa shape index (κ2) is 10.3. The SMILES string of the molecule is N#C/C(=C\c1ccc(OCc2ccc(Cl)c(Cl)c2)cc1)C(=O)NC[C@@H]1CCCO1. The fourth-order valence-electron chi connectivity index (χ4n) is 2.88. The lowest BCUT2D eigenvalue weighted by Gasteiger charge is -2.10. The number of hydrogen-bond donors (Lipinski definition) is 1. The van der Waals surface area contributed by atoms with Gasteiger partial charge < -0.3 is 14.8 Å². The molecule has 150 valence electrons. The van der Waals surface area contributed by atoms with Crippen LogP contribution in [0.1, 0.15) is 24.0 Å². The number of halogens is 2. The summed E-state index contributed by atoms with van der Waals surface area (Å²) in [6.07, 6.45) is 3.51. The van der Waals surface area contributed by atoms with Gasteiger partial charge in [-0.05, 0) is 54.3 Å². The Labute approximate surface area is 179 Å². The molecule has 5 nitrogen and oxygen atoms in total. The molecule has 0 aromatic heterocycles. The molecule has 0 unspecified atom stereocenters. The highest BCUT2D eigenvalue weighted by Crippen LogP contribution is 2.23. The number of carbonyl (C=O) groups is 1. The van der Waals surface area contributed by atoms with Gasteiger partial charge in [-0.15, -0.1) is 0 Å². The summed E-state index contributed by atoms with van der Waals surface area (Å²) in [6.45, 7) is 1.49. The zero-order valence-corrected chi connectivity index (χ0v) is 17.2. The fourth-order valence-corrected chi connectivity index (χ4v) is 3.20. The van der Waals surface area contributed by atoms with E-state index in [1.54, 1.807) is 42.5 Å². The number of nitriles is 1. The van der Waals surface area contributed by atoms with Gasteiger partial charge in [-0.25, -0.2) is 0 Å². The van der Waals surface area contributed by atoms with Crippen molar-refractivity contribution in [1.82, 2.24) is 5.32 Å². The first-order chi connectivity index (χ1) is 14.0. The van der Waals surface area contributed by atoms with Crippen LogP contribution in [0.4, 0.5) is 0 Å². The van der Waals surface area contributed by atoms with Crippen LogP contribution >= 0.6 is 23.2 Å². The lowest BCUT2D eigenvalue weighted by molar-refractivity contribution is -0.117. The second-order valence-corrected chi connectivity index (χ2v) is 7.44. The highest BCUT2D eigenvalue weighted by Gasteiger charge is 2.17. The van der Waals surface area contributed by atoms with E-state index in [0.29, 0.717) is 28.9 Å². The van der Waals surface area contributed by atoms with E-state index < -0.39 is 5.91 Å². The normalized spacial score (nSPS) is 16.3. The molecule has 1 aliphatic heterocycles. The maximum absolute atomic E-state index is 12.2. The van der Waals surface area contributed by atoms with Crippen molar-refractivity contribution in [3.8, 4) is 11.8 Å². The summed E-state index contributed by atoms with van der Waals surface area (Å²) >= 11 is 11.9. The average molecular weight is 431 g/mol. The van der Waals surface area contributed by atoms with Crippen molar-refractivity contribution < 1.29 is 14.3 Å². The van der Waals surface area contributed by atoms with Gasteiger partial charge in [-0.2, -0.15) is 5.26 Å². The van der Waals surface area contributed by atoms with Gasteiger partial charge in [0.1, 0.15) is 24.0 Å². The summed E-state index contributed by atoms with van der Waals surface area (Å²) in [5.41, 5.74) is 1.68. The number of amides is 1. The third-order valence-electron chi connectivity index (χ3n) is 4.46. The van der Waals surface area contributed by atoms with Crippen LogP contribution in [0.2, 0.25) is 10.0 Å². The van der Waals surface area contributed by atoms with Crippen LogP contribution in [0.3, 0.4) is 0 Å². The van der Waals surface area contributed by atoms with Gasteiger partial charge in [-0.3, -0.25) is 4.79 Å². The topological polar surface area (TPSA) is 71.3 Å². The van der Waals surface area contributed by atoms with Crippen LogP contribution in [0.15, 0.2) is 48.0 Å². The van der Waals surface area contributed by atoms with Crippen LogP contribution < -0.4 is 10.1 Å². The third kappa shape index (κ3) is 6.23. The standard InChI is InChI=1S/C22H20Cl2N2O3/c23-20-8-5-16(11-21(20)24)14-29-18-6-3-15(4-7-18)10-17(12-25)22(27)26-13-19-2-1-9-28-19/h3-8,10-11,19H,1-2,9,13-14H2,(H,26,27)/b17-10+/t19-/m0/s1. The van der Waals surface area contributed by atoms with Crippen molar-refractivity contribution in [3.05, 3.63) is 69.2 Å². The van der Waals surface area contributed by atoms with Gasteiger partial charge in [0.25, 0.3) is 5.91 Å². The van der Waals surface area contributed by atoms with Crippen LogP contribution in [-0.2, 0) is 16.1 Å². The molecule has 1 N–H and O–H groups in total. The highest BCUT2D eigenvalue weighted by molar-refractivity contribution is 6.42. The van der Waals surface area contributed by atoms with Crippen molar-refractivity contribution in [3.63, 3.8) is 0 Å². The maximum atomic E-state index is 12.2. The lowest BCUT2D eigenvalue weighted by atomic mass is 10.1. The van der Waals surface area contributed by atoms with Gasteiger partial charge in [0.2, 0.25) is 0 Å². The van der Waals surface area contributed by atoms with E-state index in [2.05, 4.69) is 5.32 Å². The molecule has 2 aromatic carbocycles.